The molecule has 0 spiro atoms. The van der Waals surface area contributed by atoms with Gasteiger partial charge in [0.05, 0.1) is 18.7 Å². The first kappa shape index (κ1) is 12.0. The molecule has 3 rings (SSSR count). The highest BCUT2D eigenvalue weighted by Gasteiger charge is 2.30. The molecule has 6 nitrogen and oxygen atoms in total. The Labute approximate surface area is 107 Å². The van der Waals surface area contributed by atoms with Crippen molar-refractivity contribution in [3.05, 3.63) is 5.82 Å². The van der Waals surface area contributed by atoms with Crippen molar-refractivity contribution >= 4 is 0 Å². The Morgan fingerprint density at radius 2 is 2.00 bits per heavy atom. The van der Waals surface area contributed by atoms with Crippen LogP contribution in [0.3, 0.4) is 0 Å². The number of nitrogens with one attached hydrogen (secondary N) is 1. The standard InChI is InChI=1S/C12H21N5O/c18-8-9-6-7-11(13-9)12-14-15-16-17(12)10-4-2-1-3-5-10/h9-11,13,18H,1-8H2/t9-,11-/m0/s1. The summed E-state index contributed by atoms with van der Waals surface area (Å²) >= 11 is 0. The number of hydrogen-bond donors (Lipinski definition) is 2. The Morgan fingerprint density at radius 1 is 1.17 bits per heavy atom. The summed E-state index contributed by atoms with van der Waals surface area (Å²) in [6.07, 6.45) is 8.28. The van der Waals surface area contributed by atoms with E-state index in [-0.39, 0.29) is 18.7 Å². The molecule has 1 saturated heterocycles. The maximum Gasteiger partial charge on any atom is 0.168 e. The normalized spacial score (nSPS) is 29.8. The van der Waals surface area contributed by atoms with Crippen LogP contribution in [0.25, 0.3) is 0 Å². The first-order chi connectivity index (χ1) is 8.88. The molecule has 2 heterocycles. The molecule has 0 unspecified atom stereocenters. The smallest absolute Gasteiger partial charge is 0.168 e. The highest BCUT2D eigenvalue weighted by Crippen LogP contribution is 2.31. The summed E-state index contributed by atoms with van der Waals surface area (Å²) in [5, 5.41) is 24.8. The van der Waals surface area contributed by atoms with Crippen LogP contribution in [0.1, 0.15) is 62.9 Å². The fraction of sp³-hybridized carbons (Fsp3) is 0.917. The van der Waals surface area contributed by atoms with Crippen LogP contribution in [0.15, 0.2) is 0 Å². The largest absolute Gasteiger partial charge is 0.395 e. The number of nitrogens with zero attached hydrogens (tertiary/aromatic N) is 4. The zero-order chi connectivity index (χ0) is 12.4. The Morgan fingerprint density at radius 3 is 2.72 bits per heavy atom. The van der Waals surface area contributed by atoms with Gasteiger partial charge in [-0.1, -0.05) is 19.3 Å². The minimum atomic E-state index is 0.196. The van der Waals surface area contributed by atoms with Gasteiger partial charge in [0, 0.05) is 6.04 Å². The molecule has 2 aliphatic rings. The third-order valence-corrected chi connectivity index (χ3v) is 4.21. The second-order valence-electron chi connectivity index (χ2n) is 5.45. The van der Waals surface area contributed by atoms with Crippen molar-refractivity contribution < 1.29 is 5.11 Å². The monoisotopic (exact) mass is 251 g/mol. The van der Waals surface area contributed by atoms with Gasteiger partial charge in [-0.25, -0.2) is 4.68 Å². The van der Waals surface area contributed by atoms with Crippen molar-refractivity contribution in [2.24, 2.45) is 0 Å². The van der Waals surface area contributed by atoms with Crippen LogP contribution in [0.4, 0.5) is 0 Å². The summed E-state index contributed by atoms with van der Waals surface area (Å²) in [5.74, 6) is 0.956. The fourth-order valence-corrected chi connectivity index (χ4v) is 3.18. The zero-order valence-corrected chi connectivity index (χ0v) is 10.6. The van der Waals surface area contributed by atoms with Crippen LogP contribution in [-0.2, 0) is 0 Å². The van der Waals surface area contributed by atoms with Crippen molar-refractivity contribution in [3.63, 3.8) is 0 Å². The summed E-state index contributed by atoms with van der Waals surface area (Å²) in [4.78, 5) is 0. The maximum absolute atomic E-state index is 9.18. The van der Waals surface area contributed by atoms with Gasteiger partial charge < -0.3 is 10.4 Å². The third-order valence-electron chi connectivity index (χ3n) is 4.21. The summed E-state index contributed by atoms with van der Waals surface area (Å²) in [5.41, 5.74) is 0. The lowest BCUT2D eigenvalue weighted by molar-refractivity contribution is 0.249. The van der Waals surface area contributed by atoms with Gasteiger partial charge in [0.15, 0.2) is 5.82 Å². The van der Waals surface area contributed by atoms with E-state index in [9.17, 15) is 5.11 Å². The molecular weight excluding hydrogens is 230 g/mol. The minimum Gasteiger partial charge on any atom is -0.395 e. The third kappa shape index (κ3) is 2.27. The Hall–Kier alpha value is -1.01. The van der Waals surface area contributed by atoms with Gasteiger partial charge >= 0.3 is 0 Å². The van der Waals surface area contributed by atoms with Crippen molar-refractivity contribution in [1.82, 2.24) is 25.5 Å². The first-order valence-corrected chi connectivity index (χ1v) is 7.03. The number of aliphatic hydroxyl groups excluding tert-OH is 1. The van der Waals surface area contributed by atoms with Crippen LogP contribution in [0.2, 0.25) is 0 Å². The molecule has 6 heteroatoms. The van der Waals surface area contributed by atoms with Gasteiger partial charge in [0.1, 0.15) is 0 Å². The van der Waals surface area contributed by atoms with Crippen molar-refractivity contribution in [2.75, 3.05) is 6.61 Å². The summed E-state index contributed by atoms with van der Waals surface area (Å²) < 4.78 is 2.02. The second-order valence-corrected chi connectivity index (χ2v) is 5.45. The lowest BCUT2D eigenvalue weighted by atomic mass is 9.95. The van der Waals surface area contributed by atoms with E-state index in [0.717, 1.165) is 18.7 Å². The van der Waals surface area contributed by atoms with Gasteiger partial charge in [-0.3, -0.25) is 0 Å². The number of tetrazole rings is 1. The average molecular weight is 251 g/mol. The first-order valence-electron chi connectivity index (χ1n) is 7.03. The molecule has 1 aromatic rings. The molecule has 0 amide bonds. The molecular formula is C12H21N5O. The predicted molar refractivity (Wildman–Crippen MR) is 65.9 cm³/mol. The van der Waals surface area contributed by atoms with E-state index < -0.39 is 0 Å². The van der Waals surface area contributed by atoms with Crippen LogP contribution >= 0.6 is 0 Å². The zero-order valence-electron chi connectivity index (χ0n) is 10.6. The van der Waals surface area contributed by atoms with E-state index in [1.807, 2.05) is 4.68 Å². The lowest BCUT2D eigenvalue weighted by Gasteiger charge is -2.23. The lowest BCUT2D eigenvalue weighted by Crippen LogP contribution is -2.29. The molecule has 18 heavy (non-hydrogen) atoms. The molecule has 1 aromatic heterocycles. The predicted octanol–water partition coefficient (Wildman–Crippen LogP) is 0.964. The quantitative estimate of drug-likeness (QED) is 0.837. The second kappa shape index (κ2) is 5.32. The minimum absolute atomic E-state index is 0.196. The van der Waals surface area contributed by atoms with Crippen LogP contribution in [-0.4, -0.2) is 38.0 Å². The number of hydrogen-bond acceptors (Lipinski definition) is 5. The van der Waals surface area contributed by atoms with E-state index in [1.165, 1.54) is 32.1 Å². The average Bonchev–Trinajstić information content (AvgIpc) is 3.08. The van der Waals surface area contributed by atoms with Crippen LogP contribution < -0.4 is 5.32 Å². The summed E-state index contributed by atoms with van der Waals surface area (Å²) in [6.45, 7) is 0.196. The molecule has 2 fully saturated rings. The molecule has 1 aliphatic heterocycles. The molecule has 1 aliphatic carbocycles. The summed E-state index contributed by atoms with van der Waals surface area (Å²) in [7, 11) is 0. The Bertz CT molecular complexity index is 388. The van der Waals surface area contributed by atoms with E-state index in [4.69, 9.17) is 0 Å². The van der Waals surface area contributed by atoms with Crippen molar-refractivity contribution in [2.45, 2.75) is 63.1 Å². The molecule has 2 atom stereocenters. The van der Waals surface area contributed by atoms with Gasteiger partial charge in [0.2, 0.25) is 0 Å². The molecule has 0 radical (unpaired) electrons. The molecule has 0 bridgehead atoms. The van der Waals surface area contributed by atoms with Crippen LogP contribution in [0, 0.1) is 0 Å². The highest BCUT2D eigenvalue weighted by atomic mass is 16.3. The van der Waals surface area contributed by atoms with E-state index in [2.05, 4.69) is 20.8 Å². The van der Waals surface area contributed by atoms with E-state index in [0.29, 0.717) is 6.04 Å². The Kier molecular flexibility index (Phi) is 3.56. The number of rotatable bonds is 3. The molecule has 1 saturated carbocycles. The maximum atomic E-state index is 9.18. The molecule has 0 aromatic carbocycles. The van der Waals surface area contributed by atoms with Gasteiger partial charge in [-0.2, -0.15) is 0 Å². The summed E-state index contributed by atoms with van der Waals surface area (Å²) in [6, 6.07) is 0.879. The highest BCUT2D eigenvalue weighted by molar-refractivity contribution is 4.99. The van der Waals surface area contributed by atoms with E-state index in [1.54, 1.807) is 0 Å². The van der Waals surface area contributed by atoms with Gasteiger partial charge in [-0.15, -0.1) is 5.10 Å². The van der Waals surface area contributed by atoms with Gasteiger partial charge in [-0.05, 0) is 36.1 Å². The Balaban J connectivity index is 1.74. The molecule has 100 valence electrons. The van der Waals surface area contributed by atoms with Crippen molar-refractivity contribution in [1.29, 1.82) is 0 Å². The van der Waals surface area contributed by atoms with E-state index >= 15 is 0 Å². The number of aliphatic hydroxyl groups is 1. The van der Waals surface area contributed by atoms with Crippen molar-refractivity contribution in [3.8, 4) is 0 Å². The topological polar surface area (TPSA) is 75.9 Å². The number of aromatic nitrogens is 4. The van der Waals surface area contributed by atoms with Gasteiger partial charge in [0.25, 0.3) is 0 Å². The molecule has 2 N–H and O–H groups in total. The SMILES string of the molecule is OC[C@@H]1CC[C@@H](c2nnnn2C2CCCCC2)N1. The fourth-order valence-electron chi connectivity index (χ4n) is 3.18. The van der Waals surface area contributed by atoms with Crippen LogP contribution in [0.5, 0.6) is 0 Å².